The molecule has 1 unspecified atom stereocenters. The van der Waals surface area contributed by atoms with Crippen LogP contribution < -0.4 is 16.0 Å². The molecule has 0 fully saturated rings. The molecule has 0 bridgehead atoms. The van der Waals surface area contributed by atoms with E-state index in [0.717, 1.165) is 6.54 Å². The summed E-state index contributed by atoms with van der Waals surface area (Å²) in [6.07, 6.45) is -1.42. The van der Waals surface area contributed by atoms with Crippen molar-refractivity contribution in [1.82, 2.24) is 16.0 Å². The summed E-state index contributed by atoms with van der Waals surface area (Å²) in [5, 5.41) is 8.27. The molecule has 27 heavy (non-hydrogen) atoms. The van der Waals surface area contributed by atoms with Crippen LogP contribution >= 0.6 is 0 Å². The molecule has 9 heteroatoms. The lowest BCUT2D eigenvalue weighted by atomic mass is 10.0. The SMILES string of the molecule is CC(=O)NCC(F)C(C)(C)OCC(=O)NCCOCCOCCNC(C)C. The molecule has 0 spiro atoms. The maximum atomic E-state index is 14.0. The summed E-state index contributed by atoms with van der Waals surface area (Å²) in [6.45, 7) is 11.2. The van der Waals surface area contributed by atoms with Crippen LogP contribution in [0.5, 0.6) is 0 Å². The maximum absolute atomic E-state index is 14.0. The van der Waals surface area contributed by atoms with Gasteiger partial charge in [0.05, 0.1) is 38.6 Å². The quantitative estimate of drug-likeness (QED) is 0.329. The Kier molecular flexibility index (Phi) is 14.0. The van der Waals surface area contributed by atoms with E-state index in [-0.39, 0.29) is 25.0 Å². The Balaban J connectivity index is 3.64. The molecule has 0 aliphatic heterocycles. The summed E-state index contributed by atoms with van der Waals surface area (Å²) < 4.78 is 30.1. The van der Waals surface area contributed by atoms with Gasteiger partial charge in [0.15, 0.2) is 0 Å². The Labute approximate surface area is 161 Å². The number of carbonyl (C=O) groups is 2. The molecule has 0 heterocycles. The van der Waals surface area contributed by atoms with Crippen molar-refractivity contribution in [3.05, 3.63) is 0 Å². The average molecular weight is 394 g/mol. The van der Waals surface area contributed by atoms with Gasteiger partial charge in [-0.05, 0) is 13.8 Å². The predicted octanol–water partition coefficient (Wildman–Crippen LogP) is 0.403. The highest BCUT2D eigenvalue weighted by Crippen LogP contribution is 2.17. The average Bonchev–Trinajstić information content (AvgIpc) is 2.59. The van der Waals surface area contributed by atoms with Gasteiger partial charge in [-0.25, -0.2) is 4.39 Å². The van der Waals surface area contributed by atoms with E-state index >= 15 is 0 Å². The fourth-order valence-electron chi connectivity index (χ4n) is 1.88. The predicted molar refractivity (Wildman–Crippen MR) is 101 cm³/mol. The fourth-order valence-corrected chi connectivity index (χ4v) is 1.88. The van der Waals surface area contributed by atoms with Crippen LogP contribution in [-0.4, -0.2) is 82.3 Å². The molecular weight excluding hydrogens is 357 g/mol. The number of nitrogens with one attached hydrogen (secondary N) is 3. The molecule has 8 nitrogen and oxygen atoms in total. The molecule has 160 valence electrons. The molecule has 0 aromatic rings. The third kappa shape index (κ3) is 15.5. The molecule has 1 atom stereocenters. The summed E-state index contributed by atoms with van der Waals surface area (Å²) in [6, 6.07) is 0.441. The van der Waals surface area contributed by atoms with E-state index in [9.17, 15) is 14.0 Å². The molecule has 0 aliphatic rings. The minimum Gasteiger partial charge on any atom is -0.378 e. The van der Waals surface area contributed by atoms with E-state index in [0.29, 0.717) is 39.0 Å². The number of ether oxygens (including phenoxy) is 3. The van der Waals surface area contributed by atoms with Crippen LogP contribution in [0.2, 0.25) is 0 Å². The number of alkyl halides is 1. The molecule has 0 aromatic carbocycles. The van der Waals surface area contributed by atoms with Gasteiger partial charge >= 0.3 is 0 Å². The van der Waals surface area contributed by atoms with Crippen LogP contribution in [0.15, 0.2) is 0 Å². The number of carbonyl (C=O) groups excluding carboxylic acids is 2. The molecule has 2 amide bonds. The zero-order chi connectivity index (χ0) is 20.7. The second-order valence-electron chi connectivity index (χ2n) is 6.98. The molecule has 0 saturated carbocycles. The first-order valence-electron chi connectivity index (χ1n) is 9.33. The van der Waals surface area contributed by atoms with Gasteiger partial charge in [0.25, 0.3) is 0 Å². The van der Waals surface area contributed by atoms with Crippen molar-refractivity contribution in [2.45, 2.75) is 52.4 Å². The minimum atomic E-state index is -1.42. The van der Waals surface area contributed by atoms with Crippen LogP contribution in [0.3, 0.4) is 0 Å². The summed E-state index contributed by atoms with van der Waals surface area (Å²) in [5.74, 6) is -0.668. The largest absolute Gasteiger partial charge is 0.378 e. The third-order valence-electron chi connectivity index (χ3n) is 3.60. The summed E-state index contributed by atoms with van der Waals surface area (Å²) in [7, 11) is 0. The molecule has 0 aromatic heterocycles. The monoisotopic (exact) mass is 393 g/mol. The molecule has 3 N–H and O–H groups in total. The van der Waals surface area contributed by atoms with Crippen molar-refractivity contribution in [1.29, 1.82) is 0 Å². The van der Waals surface area contributed by atoms with Crippen molar-refractivity contribution >= 4 is 11.8 Å². The Hall–Kier alpha value is -1.29. The number of hydrogen-bond donors (Lipinski definition) is 3. The first-order chi connectivity index (χ1) is 12.6. The van der Waals surface area contributed by atoms with Crippen LogP contribution in [0.1, 0.15) is 34.6 Å². The first-order valence-corrected chi connectivity index (χ1v) is 9.33. The van der Waals surface area contributed by atoms with E-state index in [1.807, 2.05) is 0 Å². The Morgan fingerprint density at radius 2 is 1.59 bits per heavy atom. The summed E-state index contributed by atoms with van der Waals surface area (Å²) in [4.78, 5) is 22.5. The van der Waals surface area contributed by atoms with Crippen molar-refractivity contribution in [3.8, 4) is 0 Å². The van der Waals surface area contributed by atoms with Crippen LogP contribution in [-0.2, 0) is 23.8 Å². The Morgan fingerprint density at radius 3 is 2.15 bits per heavy atom. The number of halogens is 1. The highest BCUT2D eigenvalue weighted by Gasteiger charge is 2.31. The van der Waals surface area contributed by atoms with E-state index < -0.39 is 11.8 Å². The number of amides is 2. The molecule has 0 saturated heterocycles. The second kappa shape index (κ2) is 14.7. The smallest absolute Gasteiger partial charge is 0.246 e. The first kappa shape index (κ1) is 25.7. The van der Waals surface area contributed by atoms with Gasteiger partial charge in [0.1, 0.15) is 12.8 Å². The van der Waals surface area contributed by atoms with Gasteiger partial charge in [0.2, 0.25) is 11.8 Å². The summed E-state index contributed by atoms with van der Waals surface area (Å²) >= 11 is 0. The molecule has 0 radical (unpaired) electrons. The van der Waals surface area contributed by atoms with E-state index in [4.69, 9.17) is 14.2 Å². The standard InChI is InChI=1S/C18H36FN3O5/c1-14(2)20-6-8-25-10-11-26-9-7-21-17(24)13-27-18(4,5)16(19)12-22-15(3)23/h14,16,20H,6-13H2,1-5H3,(H,21,24)(H,22,23). The molecule has 0 rings (SSSR count). The minimum absolute atomic E-state index is 0.159. The van der Waals surface area contributed by atoms with Crippen molar-refractivity contribution in [3.63, 3.8) is 0 Å². The zero-order valence-corrected chi connectivity index (χ0v) is 17.2. The third-order valence-corrected chi connectivity index (χ3v) is 3.60. The maximum Gasteiger partial charge on any atom is 0.246 e. The summed E-state index contributed by atoms with van der Waals surface area (Å²) in [5.41, 5.74) is -1.18. The van der Waals surface area contributed by atoms with Gasteiger partial charge in [-0.15, -0.1) is 0 Å². The van der Waals surface area contributed by atoms with Gasteiger partial charge in [0, 0.05) is 26.1 Å². The van der Waals surface area contributed by atoms with Crippen molar-refractivity contribution < 1.29 is 28.2 Å². The van der Waals surface area contributed by atoms with E-state index in [1.165, 1.54) is 20.8 Å². The van der Waals surface area contributed by atoms with Gasteiger partial charge in [-0.1, -0.05) is 13.8 Å². The molecular formula is C18H36FN3O5. The van der Waals surface area contributed by atoms with Crippen LogP contribution in [0, 0.1) is 0 Å². The van der Waals surface area contributed by atoms with E-state index in [1.54, 1.807) is 0 Å². The van der Waals surface area contributed by atoms with Gasteiger partial charge in [-0.2, -0.15) is 0 Å². The van der Waals surface area contributed by atoms with Crippen LogP contribution in [0.25, 0.3) is 0 Å². The van der Waals surface area contributed by atoms with Crippen molar-refractivity contribution in [2.75, 3.05) is 52.7 Å². The highest BCUT2D eigenvalue weighted by atomic mass is 19.1. The molecule has 0 aliphatic carbocycles. The van der Waals surface area contributed by atoms with Crippen molar-refractivity contribution in [2.24, 2.45) is 0 Å². The van der Waals surface area contributed by atoms with Crippen LogP contribution in [0.4, 0.5) is 4.39 Å². The highest BCUT2D eigenvalue weighted by molar-refractivity contribution is 5.77. The lowest BCUT2D eigenvalue weighted by molar-refractivity contribution is -0.136. The Bertz CT molecular complexity index is 422. The number of rotatable bonds is 16. The van der Waals surface area contributed by atoms with Gasteiger partial charge in [-0.3, -0.25) is 9.59 Å². The topological polar surface area (TPSA) is 97.9 Å². The zero-order valence-electron chi connectivity index (χ0n) is 17.2. The Morgan fingerprint density at radius 1 is 1.00 bits per heavy atom. The second-order valence-corrected chi connectivity index (χ2v) is 6.98. The van der Waals surface area contributed by atoms with E-state index in [2.05, 4.69) is 29.8 Å². The normalized spacial score (nSPS) is 12.9. The fraction of sp³-hybridized carbons (Fsp3) is 0.889. The lowest BCUT2D eigenvalue weighted by Crippen LogP contribution is -2.45. The number of hydrogen-bond acceptors (Lipinski definition) is 6. The lowest BCUT2D eigenvalue weighted by Gasteiger charge is -2.28. The van der Waals surface area contributed by atoms with Gasteiger partial charge < -0.3 is 30.2 Å².